The summed E-state index contributed by atoms with van der Waals surface area (Å²) in [4.78, 5) is 15.4. The zero-order valence-electron chi connectivity index (χ0n) is 7.74. The molecule has 1 aromatic rings. The molecule has 0 radical (unpaired) electrons. The highest BCUT2D eigenvalue weighted by Crippen LogP contribution is 2.11. The molecule has 0 amide bonds. The van der Waals surface area contributed by atoms with E-state index in [1.807, 2.05) is 6.92 Å². The number of hydrogen-bond acceptors (Lipinski definition) is 4. The highest BCUT2D eigenvalue weighted by atomic mass is 16.1. The number of ketones is 1. The van der Waals surface area contributed by atoms with Crippen LogP contribution >= 0.6 is 0 Å². The van der Waals surface area contributed by atoms with Crippen molar-refractivity contribution < 1.29 is 4.79 Å². The summed E-state index contributed by atoms with van der Waals surface area (Å²) in [6.45, 7) is 3.48. The molecule has 0 aromatic carbocycles. The van der Waals surface area contributed by atoms with Crippen molar-refractivity contribution in [3.8, 4) is 0 Å². The molecule has 13 heavy (non-hydrogen) atoms. The number of nitrogens with zero attached hydrogens (tertiary/aromatic N) is 1. The summed E-state index contributed by atoms with van der Waals surface area (Å²) in [6.07, 6.45) is 1.62. The lowest BCUT2D eigenvalue weighted by Crippen LogP contribution is -2.27. The lowest BCUT2D eigenvalue weighted by Gasteiger charge is -2.06. The maximum absolute atomic E-state index is 11.5. The molecule has 0 aliphatic rings. The second kappa shape index (κ2) is 3.53. The predicted octanol–water partition coefficient (Wildman–Crippen LogP) is 0.502. The van der Waals surface area contributed by atoms with Gasteiger partial charge in [-0.15, -0.1) is 0 Å². The van der Waals surface area contributed by atoms with E-state index < -0.39 is 6.04 Å². The van der Waals surface area contributed by atoms with Gasteiger partial charge in [0, 0.05) is 6.20 Å². The molecule has 1 aromatic heterocycles. The number of hydrogen-bond donors (Lipinski definition) is 2. The van der Waals surface area contributed by atoms with E-state index in [9.17, 15) is 4.79 Å². The predicted molar refractivity (Wildman–Crippen MR) is 51.4 cm³/mol. The van der Waals surface area contributed by atoms with Gasteiger partial charge in [-0.2, -0.15) is 0 Å². The molecule has 1 heterocycles. The van der Waals surface area contributed by atoms with Gasteiger partial charge in [0.15, 0.2) is 5.78 Å². The third-order valence-corrected chi connectivity index (χ3v) is 1.73. The van der Waals surface area contributed by atoms with Gasteiger partial charge in [-0.25, -0.2) is 4.98 Å². The number of aryl methyl sites for hydroxylation is 1. The van der Waals surface area contributed by atoms with Crippen molar-refractivity contribution in [2.24, 2.45) is 5.73 Å². The molecule has 1 atom stereocenters. The number of nitrogen functional groups attached to an aromatic ring is 1. The van der Waals surface area contributed by atoms with Gasteiger partial charge in [0.05, 0.1) is 11.6 Å². The van der Waals surface area contributed by atoms with Crippen molar-refractivity contribution in [3.05, 3.63) is 23.4 Å². The fourth-order valence-corrected chi connectivity index (χ4v) is 1.02. The molecule has 0 saturated carbocycles. The Morgan fingerprint density at radius 1 is 1.62 bits per heavy atom. The molecule has 0 spiro atoms. The molecular weight excluding hydrogens is 166 g/mol. The van der Waals surface area contributed by atoms with Crippen LogP contribution in [0.4, 0.5) is 5.82 Å². The third kappa shape index (κ3) is 2.03. The molecule has 0 saturated heterocycles. The molecule has 4 nitrogen and oxygen atoms in total. The van der Waals surface area contributed by atoms with E-state index >= 15 is 0 Å². The minimum Gasteiger partial charge on any atom is -0.383 e. The summed E-state index contributed by atoms with van der Waals surface area (Å²) in [6, 6.07) is 1.17. The largest absolute Gasteiger partial charge is 0.383 e. The highest BCUT2D eigenvalue weighted by Gasteiger charge is 2.14. The normalized spacial score (nSPS) is 12.5. The Bertz CT molecular complexity index is 334. The van der Waals surface area contributed by atoms with Gasteiger partial charge in [-0.3, -0.25) is 4.79 Å². The minimum atomic E-state index is -0.536. The van der Waals surface area contributed by atoms with Crippen LogP contribution in [0.5, 0.6) is 0 Å². The number of aromatic nitrogens is 1. The molecule has 1 unspecified atom stereocenters. The number of rotatable bonds is 2. The smallest absolute Gasteiger partial charge is 0.182 e. The van der Waals surface area contributed by atoms with Gasteiger partial charge in [-0.1, -0.05) is 0 Å². The third-order valence-electron chi connectivity index (χ3n) is 1.73. The van der Waals surface area contributed by atoms with E-state index in [-0.39, 0.29) is 11.6 Å². The first kappa shape index (κ1) is 9.67. The fourth-order valence-electron chi connectivity index (χ4n) is 1.02. The SMILES string of the molecule is Cc1cnc(N)c(C(=O)C(C)N)c1. The van der Waals surface area contributed by atoms with Crippen LogP contribution in [0.1, 0.15) is 22.8 Å². The van der Waals surface area contributed by atoms with Crippen molar-refractivity contribution in [2.45, 2.75) is 19.9 Å². The number of Topliss-reactive ketones (excluding diaryl/α,β-unsaturated/α-hetero) is 1. The molecule has 70 valence electrons. The topological polar surface area (TPSA) is 82.0 Å². The van der Waals surface area contributed by atoms with Crippen molar-refractivity contribution in [3.63, 3.8) is 0 Å². The van der Waals surface area contributed by atoms with Gasteiger partial charge in [0.2, 0.25) is 0 Å². The molecular formula is C9H13N3O. The number of carbonyl (C=O) groups is 1. The van der Waals surface area contributed by atoms with E-state index in [0.29, 0.717) is 5.56 Å². The van der Waals surface area contributed by atoms with Gasteiger partial charge in [0.25, 0.3) is 0 Å². The summed E-state index contributed by atoms with van der Waals surface area (Å²) >= 11 is 0. The lowest BCUT2D eigenvalue weighted by atomic mass is 10.1. The van der Waals surface area contributed by atoms with Gasteiger partial charge >= 0.3 is 0 Å². The highest BCUT2D eigenvalue weighted by molar-refractivity contribution is 6.03. The van der Waals surface area contributed by atoms with Crippen LogP contribution in [0.2, 0.25) is 0 Å². The quantitative estimate of drug-likeness (QED) is 0.648. The second-order valence-electron chi connectivity index (χ2n) is 3.10. The molecule has 4 N–H and O–H groups in total. The Morgan fingerprint density at radius 3 is 2.77 bits per heavy atom. The number of pyridine rings is 1. The van der Waals surface area contributed by atoms with Crippen LogP contribution in [0.3, 0.4) is 0 Å². The standard InChI is InChI=1S/C9H13N3O/c1-5-3-7(8(13)6(2)10)9(11)12-4-5/h3-4,6H,10H2,1-2H3,(H2,11,12). The Labute approximate surface area is 77.0 Å². The molecule has 0 fully saturated rings. The van der Waals surface area contributed by atoms with Crippen molar-refractivity contribution in [1.29, 1.82) is 0 Å². The second-order valence-corrected chi connectivity index (χ2v) is 3.10. The Hall–Kier alpha value is -1.42. The molecule has 0 aliphatic heterocycles. The first-order chi connectivity index (χ1) is 6.02. The zero-order chi connectivity index (χ0) is 10.0. The van der Waals surface area contributed by atoms with E-state index in [4.69, 9.17) is 11.5 Å². The zero-order valence-corrected chi connectivity index (χ0v) is 7.74. The average Bonchev–Trinajstić information content (AvgIpc) is 2.08. The minimum absolute atomic E-state index is 0.172. The summed E-state index contributed by atoms with van der Waals surface area (Å²) in [5.41, 5.74) is 12.3. The molecule has 1 rings (SSSR count). The van der Waals surface area contributed by atoms with Gasteiger partial charge < -0.3 is 11.5 Å². The Balaban J connectivity index is 3.13. The Kier molecular flexibility index (Phi) is 2.63. The van der Waals surface area contributed by atoms with Crippen molar-refractivity contribution in [2.75, 3.05) is 5.73 Å². The van der Waals surface area contributed by atoms with E-state index in [1.165, 1.54) is 0 Å². The number of carbonyl (C=O) groups excluding carboxylic acids is 1. The van der Waals surface area contributed by atoms with E-state index in [0.717, 1.165) is 5.56 Å². The molecule has 0 aliphatic carbocycles. The molecule has 4 heteroatoms. The van der Waals surface area contributed by atoms with Crippen molar-refractivity contribution >= 4 is 11.6 Å². The number of anilines is 1. The average molecular weight is 179 g/mol. The van der Waals surface area contributed by atoms with Crippen LogP contribution in [0.15, 0.2) is 12.3 Å². The monoisotopic (exact) mass is 179 g/mol. The molecule has 0 bridgehead atoms. The maximum Gasteiger partial charge on any atom is 0.182 e. The van der Waals surface area contributed by atoms with Gasteiger partial charge in [0.1, 0.15) is 5.82 Å². The first-order valence-electron chi connectivity index (χ1n) is 4.04. The first-order valence-corrected chi connectivity index (χ1v) is 4.04. The van der Waals surface area contributed by atoms with Gasteiger partial charge in [-0.05, 0) is 25.5 Å². The summed E-state index contributed by atoms with van der Waals surface area (Å²) in [7, 11) is 0. The lowest BCUT2D eigenvalue weighted by molar-refractivity contribution is 0.0968. The number of nitrogens with two attached hydrogens (primary N) is 2. The van der Waals surface area contributed by atoms with Crippen molar-refractivity contribution in [1.82, 2.24) is 4.98 Å². The van der Waals surface area contributed by atoms with Crippen LogP contribution in [0.25, 0.3) is 0 Å². The van der Waals surface area contributed by atoms with E-state index in [2.05, 4.69) is 4.98 Å². The summed E-state index contributed by atoms with van der Waals surface area (Å²) in [5, 5.41) is 0. The Morgan fingerprint density at radius 2 is 2.23 bits per heavy atom. The van der Waals surface area contributed by atoms with E-state index in [1.54, 1.807) is 19.2 Å². The fraction of sp³-hybridized carbons (Fsp3) is 0.333. The maximum atomic E-state index is 11.5. The summed E-state index contributed by atoms with van der Waals surface area (Å²) < 4.78 is 0. The van der Waals surface area contributed by atoms with Crippen LogP contribution in [-0.2, 0) is 0 Å². The van der Waals surface area contributed by atoms with Crippen LogP contribution < -0.4 is 11.5 Å². The van der Waals surface area contributed by atoms with Crippen LogP contribution in [0, 0.1) is 6.92 Å². The van der Waals surface area contributed by atoms with Crippen LogP contribution in [-0.4, -0.2) is 16.8 Å². The summed E-state index contributed by atoms with van der Waals surface area (Å²) in [5.74, 6) is 0.0709.